The fraction of sp³-hybridized carbons (Fsp3) is 0.400. The zero-order valence-corrected chi connectivity index (χ0v) is 25.1. The zero-order chi connectivity index (χ0) is 29.9. The normalized spacial score (nSPS) is 14.6. The van der Waals surface area contributed by atoms with Crippen LogP contribution in [0.3, 0.4) is 0 Å². The van der Waals surface area contributed by atoms with Crippen molar-refractivity contribution in [2.24, 2.45) is 0 Å². The SMILES string of the molecule is CN(CCC[C@H](NC(=O)c1ccc(CNCc2ncc[nH]2)cc1)C(=O)NCc1cccc2ccccc12)C1CCCCC1. The van der Waals surface area contributed by atoms with Gasteiger partial charge in [0.25, 0.3) is 5.91 Å². The van der Waals surface area contributed by atoms with Crippen molar-refractivity contribution in [2.45, 2.75) is 76.7 Å². The maximum absolute atomic E-state index is 13.5. The summed E-state index contributed by atoms with van der Waals surface area (Å²) in [4.78, 5) is 36.5. The number of amides is 2. The lowest BCUT2D eigenvalue weighted by Gasteiger charge is -2.31. The van der Waals surface area contributed by atoms with Crippen LogP contribution in [0.25, 0.3) is 10.8 Å². The second-order valence-corrected chi connectivity index (χ2v) is 11.6. The maximum atomic E-state index is 13.5. The number of benzene rings is 3. The number of aromatic nitrogens is 2. The second kappa shape index (κ2) is 15.5. The first kappa shape index (κ1) is 30.4. The van der Waals surface area contributed by atoms with Gasteiger partial charge in [-0.3, -0.25) is 9.59 Å². The fourth-order valence-corrected chi connectivity index (χ4v) is 6.01. The summed E-state index contributed by atoms with van der Waals surface area (Å²) in [5, 5.41) is 11.8. The van der Waals surface area contributed by atoms with Crippen molar-refractivity contribution in [3.05, 3.63) is 102 Å². The molecule has 1 heterocycles. The van der Waals surface area contributed by atoms with Gasteiger partial charge in [0.05, 0.1) is 6.54 Å². The Bertz CT molecular complexity index is 1440. The van der Waals surface area contributed by atoms with Gasteiger partial charge in [0, 0.05) is 37.1 Å². The van der Waals surface area contributed by atoms with Crippen LogP contribution in [0.1, 0.15) is 72.3 Å². The van der Waals surface area contributed by atoms with Crippen LogP contribution in [-0.2, 0) is 24.4 Å². The number of hydrogen-bond acceptors (Lipinski definition) is 5. The molecule has 2 amide bonds. The molecule has 8 heteroatoms. The van der Waals surface area contributed by atoms with Gasteiger partial charge in [-0.15, -0.1) is 0 Å². The highest BCUT2D eigenvalue weighted by molar-refractivity contribution is 5.97. The van der Waals surface area contributed by atoms with Gasteiger partial charge >= 0.3 is 0 Å². The highest BCUT2D eigenvalue weighted by atomic mass is 16.2. The molecule has 1 saturated carbocycles. The highest BCUT2D eigenvalue weighted by Crippen LogP contribution is 2.22. The largest absolute Gasteiger partial charge is 0.350 e. The number of carbonyl (C=O) groups is 2. The number of imidazole rings is 1. The van der Waals surface area contributed by atoms with Crippen molar-refractivity contribution < 1.29 is 9.59 Å². The summed E-state index contributed by atoms with van der Waals surface area (Å²) in [5.41, 5.74) is 2.67. The monoisotopic (exact) mass is 580 g/mol. The molecule has 1 fully saturated rings. The summed E-state index contributed by atoms with van der Waals surface area (Å²) in [6, 6.07) is 21.9. The highest BCUT2D eigenvalue weighted by Gasteiger charge is 2.23. The molecule has 8 nitrogen and oxygen atoms in total. The van der Waals surface area contributed by atoms with E-state index < -0.39 is 6.04 Å². The zero-order valence-electron chi connectivity index (χ0n) is 25.1. The molecular formula is C35H44N6O2. The molecule has 1 aromatic heterocycles. The number of nitrogens with zero attached hydrogens (tertiary/aromatic N) is 2. The number of fused-ring (bicyclic) bond motifs is 1. The molecule has 0 bridgehead atoms. The van der Waals surface area contributed by atoms with Crippen molar-refractivity contribution in [3.8, 4) is 0 Å². The predicted octanol–water partition coefficient (Wildman–Crippen LogP) is 5.31. The van der Waals surface area contributed by atoms with Crippen LogP contribution in [0.5, 0.6) is 0 Å². The van der Waals surface area contributed by atoms with E-state index in [1.54, 1.807) is 12.4 Å². The molecule has 0 saturated heterocycles. The van der Waals surface area contributed by atoms with Crippen molar-refractivity contribution in [1.82, 2.24) is 30.8 Å². The molecule has 0 spiro atoms. The third kappa shape index (κ3) is 8.75. The number of nitrogens with one attached hydrogen (secondary N) is 4. The molecule has 0 radical (unpaired) electrons. The quantitative estimate of drug-likeness (QED) is 0.162. The van der Waals surface area contributed by atoms with E-state index in [0.717, 1.165) is 40.7 Å². The summed E-state index contributed by atoms with van der Waals surface area (Å²) in [5.74, 6) is 0.493. The molecule has 0 unspecified atom stereocenters. The lowest BCUT2D eigenvalue weighted by Crippen LogP contribution is -2.47. The van der Waals surface area contributed by atoms with Gasteiger partial charge in [-0.2, -0.15) is 0 Å². The van der Waals surface area contributed by atoms with E-state index in [0.29, 0.717) is 37.7 Å². The van der Waals surface area contributed by atoms with Crippen LogP contribution in [-0.4, -0.2) is 52.4 Å². The Morgan fingerprint density at radius 1 is 0.953 bits per heavy atom. The van der Waals surface area contributed by atoms with E-state index in [-0.39, 0.29) is 11.8 Å². The molecule has 0 aliphatic heterocycles. The van der Waals surface area contributed by atoms with Crippen LogP contribution in [0.4, 0.5) is 0 Å². The van der Waals surface area contributed by atoms with Gasteiger partial charge in [0.1, 0.15) is 11.9 Å². The molecular weight excluding hydrogens is 536 g/mol. The first-order valence-electron chi connectivity index (χ1n) is 15.6. The van der Waals surface area contributed by atoms with E-state index in [9.17, 15) is 9.59 Å². The van der Waals surface area contributed by atoms with E-state index in [1.807, 2.05) is 48.5 Å². The minimum absolute atomic E-state index is 0.152. The first-order chi connectivity index (χ1) is 21.1. The van der Waals surface area contributed by atoms with Gasteiger partial charge in [0.2, 0.25) is 5.91 Å². The molecule has 226 valence electrons. The summed E-state index contributed by atoms with van der Waals surface area (Å²) >= 11 is 0. The number of H-pyrrole nitrogens is 1. The Labute approximate surface area is 254 Å². The Morgan fingerprint density at radius 2 is 1.74 bits per heavy atom. The summed E-state index contributed by atoms with van der Waals surface area (Å²) in [7, 11) is 2.19. The second-order valence-electron chi connectivity index (χ2n) is 11.6. The Kier molecular flexibility index (Phi) is 10.9. The standard InChI is InChI=1S/C35H44N6O2/c1-41(30-12-3-2-4-13-30)22-8-15-32(35(43)39-24-29-11-7-10-27-9-5-6-14-31(27)29)40-34(42)28-18-16-26(17-19-28)23-36-25-33-37-20-21-38-33/h5-7,9-11,14,16-21,30,32,36H,2-4,8,12-13,15,22-25H2,1H3,(H,37,38)(H,39,43)(H,40,42)/t32-/m0/s1. The molecule has 5 rings (SSSR count). The van der Waals surface area contributed by atoms with Gasteiger partial charge in [0.15, 0.2) is 0 Å². The third-order valence-electron chi connectivity index (χ3n) is 8.55. The average Bonchev–Trinajstić information content (AvgIpc) is 3.57. The van der Waals surface area contributed by atoms with Crippen molar-refractivity contribution in [2.75, 3.05) is 13.6 Å². The Balaban J connectivity index is 1.19. The number of rotatable bonds is 14. The van der Waals surface area contributed by atoms with Crippen molar-refractivity contribution in [3.63, 3.8) is 0 Å². The topological polar surface area (TPSA) is 102 Å². The lowest BCUT2D eigenvalue weighted by atomic mass is 9.94. The number of carbonyl (C=O) groups excluding carboxylic acids is 2. The van der Waals surface area contributed by atoms with Crippen LogP contribution in [0.15, 0.2) is 79.1 Å². The smallest absolute Gasteiger partial charge is 0.251 e. The van der Waals surface area contributed by atoms with E-state index in [1.165, 1.54) is 32.1 Å². The Morgan fingerprint density at radius 3 is 2.53 bits per heavy atom. The van der Waals surface area contributed by atoms with E-state index in [2.05, 4.69) is 56.1 Å². The van der Waals surface area contributed by atoms with E-state index >= 15 is 0 Å². The van der Waals surface area contributed by atoms with Crippen LogP contribution in [0.2, 0.25) is 0 Å². The van der Waals surface area contributed by atoms with Crippen LogP contribution >= 0.6 is 0 Å². The maximum Gasteiger partial charge on any atom is 0.251 e. The molecule has 1 atom stereocenters. The number of aromatic amines is 1. The summed E-state index contributed by atoms with van der Waals surface area (Å²) in [6.07, 6.45) is 11.4. The third-order valence-corrected chi connectivity index (χ3v) is 8.55. The summed E-state index contributed by atoms with van der Waals surface area (Å²) < 4.78 is 0. The van der Waals surface area contributed by atoms with Crippen LogP contribution < -0.4 is 16.0 Å². The van der Waals surface area contributed by atoms with Crippen molar-refractivity contribution >= 4 is 22.6 Å². The molecule has 3 aromatic carbocycles. The molecule has 4 N–H and O–H groups in total. The molecule has 1 aliphatic carbocycles. The van der Waals surface area contributed by atoms with Gasteiger partial charge in [-0.05, 0) is 73.3 Å². The number of hydrogen-bond donors (Lipinski definition) is 4. The minimum Gasteiger partial charge on any atom is -0.350 e. The molecule has 43 heavy (non-hydrogen) atoms. The van der Waals surface area contributed by atoms with Crippen molar-refractivity contribution in [1.29, 1.82) is 0 Å². The van der Waals surface area contributed by atoms with E-state index in [4.69, 9.17) is 0 Å². The molecule has 4 aromatic rings. The molecule has 1 aliphatic rings. The minimum atomic E-state index is -0.614. The van der Waals surface area contributed by atoms with Gasteiger partial charge < -0.3 is 25.8 Å². The predicted molar refractivity (Wildman–Crippen MR) is 171 cm³/mol. The fourth-order valence-electron chi connectivity index (χ4n) is 6.01. The first-order valence-corrected chi connectivity index (χ1v) is 15.6. The van der Waals surface area contributed by atoms with Crippen LogP contribution in [0, 0.1) is 0 Å². The Hall–Kier alpha value is -4.01. The lowest BCUT2D eigenvalue weighted by molar-refractivity contribution is -0.123. The van der Waals surface area contributed by atoms with Gasteiger partial charge in [-0.25, -0.2) is 4.98 Å². The van der Waals surface area contributed by atoms with Gasteiger partial charge in [-0.1, -0.05) is 73.9 Å². The summed E-state index contributed by atoms with van der Waals surface area (Å²) in [6.45, 7) is 2.62. The average molecular weight is 581 g/mol.